The molecule has 2 aromatic carbocycles. The number of nitrogens with zero attached hydrogens (tertiary/aromatic N) is 3. The molecule has 0 saturated heterocycles. The standard InChI is InChI=1S/C20H22N4O4S2/c1-14(2)13-24(16-9-5-4-6-10-16)30(26,27)20-23-22-19(29-20)21-18(25)15-8-7-11-17(12-15)28-3/h4-12,14H,13H2,1-3H3,(H,21,22,25). The lowest BCUT2D eigenvalue weighted by Crippen LogP contribution is -2.34. The number of para-hydroxylation sites is 1. The second-order valence-electron chi connectivity index (χ2n) is 6.82. The second-order valence-corrected chi connectivity index (χ2v) is 9.84. The second kappa shape index (κ2) is 9.23. The molecule has 0 radical (unpaired) electrons. The van der Waals surface area contributed by atoms with Gasteiger partial charge in [-0.1, -0.05) is 49.4 Å². The smallest absolute Gasteiger partial charge is 0.293 e. The van der Waals surface area contributed by atoms with Crippen LogP contribution in [0.1, 0.15) is 24.2 Å². The van der Waals surface area contributed by atoms with Gasteiger partial charge in [0.1, 0.15) is 5.75 Å². The molecule has 0 spiro atoms. The van der Waals surface area contributed by atoms with Crippen molar-refractivity contribution >= 4 is 38.1 Å². The fourth-order valence-corrected chi connectivity index (χ4v) is 5.29. The van der Waals surface area contributed by atoms with Crippen molar-refractivity contribution < 1.29 is 17.9 Å². The van der Waals surface area contributed by atoms with Crippen LogP contribution >= 0.6 is 11.3 Å². The highest BCUT2D eigenvalue weighted by Gasteiger charge is 2.30. The van der Waals surface area contributed by atoms with Gasteiger partial charge in [-0.3, -0.25) is 14.4 Å². The van der Waals surface area contributed by atoms with Crippen molar-refractivity contribution in [3.05, 3.63) is 60.2 Å². The zero-order valence-corrected chi connectivity index (χ0v) is 18.4. The molecule has 0 aliphatic heterocycles. The molecule has 1 heterocycles. The van der Waals surface area contributed by atoms with Crippen LogP contribution < -0.4 is 14.4 Å². The maximum atomic E-state index is 13.2. The number of methoxy groups -OCH3 is 1. The molecule has 1 amide bonds. The van der Waals surface area contributed by atoms with Gasteiger partial charge in [0.25, 0.3) is 20.3 Å². The summed E-state index contributed by atoms with van der Waals surface area (Å²) in [7, 11) is -2.42. The van der Waals surface area contributed by atoms with Crippen LogP contribution in [0.5, 0.6) is 5.75 Å². The number of hydrogen-bond donors (Lipinski definition) is 1. The number of benzene rings is 2. The minimum Gasteiger partial charge on any atom is -0.497 e. The average Bonchev–Trinajstić information content (AvgIpc) is 3.22. The molecule has 3 aromatic rings. The number of amides is 1. The molecule has 0 fully saturated rings. The van der Waals surface area contributed by atoms with E-state index in [9.17, 15) is 13.2 Å². The van der Waals surface area contributed by atoms with Gasteiger partial charge in [-0.25, -0.2) is 0 Å². The fourth-order valence-electron chi connectivity index (χ4n) is 2.66. The van der Waals surface area contributed by atoms with Crippen LogP contribution in [0.25, 0.3) is 0 Å². The summed E-state index contributed by atoms with van der Waals surface area (Å²) in [5.41, 5.74) is 0.906. The molecule has 0 aliphatic rings. The zero-order chi connectivity index (χ0) is 21.7. The molecule has 10 heteroatoms. The lowest BCUT2D eigenvalue weighted by Gasteiger charge is -2.24. The van der Waals surface area contributed by atoms with Crippen molar-refractivity contribution in [3.63, 3.8) is 0 Å². The van der Waals surface area contributed by atoms with Crippen molar-refractivity contribution in [2.75, 3.05) is 23.3 Å². The maximum Gasteiger partial charge on any atom is 0.293 e. The highest BCUT2D eigenvalue weighted by Crippen LogP contribution is 2.28. The van der Waals surface area contributed by atoms with Gasteiger partial charge in [0.05, 0.1) is 12.8 Å². The van der Waals surface area contributed by atoms with E-state index < -0.39 is 15.9 Å². The number of rotatable bonds is 8. The van der Waals surface area contributed by atoms with Gasteiger partial charge in [-0.2, -0.15) is 8.42 Å². The number of nitrogens with one attached hydrogen (secondary N) is 1. The fraction of sp³-hybridized carbons (Fsp3) is 0.250. The van der Waals surface area contributed by atoms with Crippen LogP contribution in [0.4, 0.5) is 10.8 Å². The molecule has 30 heavy (non-hydrogen) atoms. The molecule has 0 bridgehead atoms. The first-order valence-corrected chi connectivity index (χ1v) is 11.4. The van der Waals surface area contributed by atoms with Crippen molar-refractivity contribution in [2.24, 2.45) is 5.92 Å². The first kappa shape index (κ1) is 21.7. The van der Waals surface area contributed by atoms with Crippen LogP contribution in [0.3, 0.4) is 0 Å². The molecular weight excluding hydrogens is 424 g/mol. The monoisotopic (exact) mass is 446 g/mol. The van der Waals surface area contributed by atoms with Crippen LogP contribution in [0.2, 0.25) is 0 Å². The molecule has 0 unspecified atom stereocenters. The van der Waals surface area contributed by atoms with Gasteiger partial charge >= 0.3 is 0 Å². The highest BCUT2D eigenvalue weighted by molar-refractivity contribution is 7.94. The van der Waals surface area contributed by atoms with Gasteiger partial charge in [0, 0.05) is 12.1 Å². The van der Waals surface area contributed by atoms with Crippen LogP contribution in [0.15, 0.2) is 58.9 Å². The van der Waals surface area contributed by atoms with Crippen LogP contribution in [-0.2, 0) is 10.0 Å². The summed E-state index contributed by atoms with van der Waals surface area (Å²) in [5.74, 6) is 0.201. The van der Waals surface area contributed by atoms with Gasteiger partial charge in [-0.15, -0.1) is 10.2 Å². The molecule has 1 N–H and O–H groups in total. The molecule has 158 valence electrons. The van der Waals surface area contributed by atoms with Gasteiger partial charge in [0.2, 0.25) is 5.13 Å². The number of ether oxygens (including phenoxy) is 1. The Kier molecular flexibility index (Phi) is 6.68. The first-order valence-electron chi connectivity index (χ1n) is 9.18. The van der Waals surface area contributed by atoms with E-state index in [1.165, 1.54) is 11.4 Å². The predicted molar refractivity (Wildman–Crippen MR) is 117 cm³/mol. The summed E-state index contributed by atoms with van der Waals surface area (Å²) in [6, 6.07) is 15.4. The number of carbonyl (C=O) groups is 1. The van der Waals surface area contributed by atoms with E-state index in [-0.39, 0.29) is 21.9 Å². The van der Waals surface area contributed by atoms with Crippen molar-refractivity contribution in [1.29, 1.82) is 0 Å². The van der Waals surface area contributed by atoms with E-state index in [2.05, 4.69) is 15.5 Å². The van der Waals surface area contributed by atoms with Crippen LogP contribution in [-0.4, -0.2) is 38.2 Å². The average molecular weight is 447 g/mol. The van der Waals surface area contributed by atoms with Gasteiger partial charge in [0.15, 0.2) is 0 Å². The highest BCUT2D eigenvalue weighted by atomic mass is 32.2. The van der Waals surface area contributed by atoms with Crippen molar-refractivity contribution in [1.82, 2.24) is 10.2 Å². The van der Waals surface area contributed by atoms with E-state index in [1.54, 1.807) is 48.5 Å². The Hall–Kier alpha value is -2.98. The number of sulfonamides is 1. The third kappa shape index (κ3) is 4.95. The third-order valence-electron chi connectivity index (χ3n) is 4.04. The number of carbonyl (C=O) groups excluding carboxylic acids is 1. The first-order chi connectivity index (χ1) is 14.3. The number of hydrogen-bond acceptors (Lipinski definition) is 7. The Morgan fingerprint density at radius 1 is 1.13 bits per heavy atom. The normalized spacial score (nSPS) is 11.3. The number of anilines is 2. The SMILES string of the molecule is COc1cccc(C(=O)Nc2nnc(S(=O)(=O)N(CC(C)C)c3ccccc3)s2)c1. The van der Waals surface area contributed by atoms with E-state index in [4.69, 9.17) is 4.74 Å². The zero-order valence-electron chi connectivity index (χ0n) is 16.8. The van der Waals surface area contributed by atoms with Gasteiger partial charge in [-0.05, 0) is 36.2 Å². The molecule has 0 atom stereocenters. The minimum atomic E-state index is -3.93. The summed E-state index contributed by atoms with van der Waals surface area (Å²) < 4.78 is 32.7. The lowest BCUT2D eigenvalue weighted by atomic mass is 10.2. The Labute approximate surface area is 179 Å². The van der Waals surface area contributed by atoms with Crippen molar-refractivity contribution in [2.45, 2.75) is 18.2 Å². The maximum absolute atomic E-state index is 13.2. The summed E-state index contributed by atoms with van der Waals surface area (Å²) in [4.78, 5) is 12.5. The Balaban J connectivity index is 1.84. The van der Waals surface area contributed by atoms with E-state index in [1.807, 2.05) is 19.9 Å². The van der Waals surface area contributed by atoms with E-state index >= 15 is 0 Å². The Bertz CT molecular complexity index is 1110. The Morgan fingerprint density at radius 2 is 1.87 bits per heavy atom. The van der Waals surface area contributed by atoms with Gasteiger partial charge < -0.3 is 4.74 Å². The molecule has 3 rings (SSSR count). The topological polar surface area (TPSA) is 101 Å². The minimum absolute atomic E-state index is 0.0963. The van der Waals surface area contributed by atoms with E-state index in [0.717, 1.165) is 11.3 Å². The molecule has 8 nitrogen and oxygen atoms in total. The lowest BCUT2D eigenvalue weighted by molar-refractivity contribution is 0.102. The Morgan fingerprint density at radius 3 is 2.53 bits per heavy atom. The quantitative estimate of drug-likeness (QED) is 0.530. The largest absolute Gasteiger partial charge is 0.497 e. The summed E-state index contributed by atoms with van der Waals surface area (Å²) >= 11 is 0.808. The molecule has 1 aromatic heterocycles. The molecule has 0 saturated carbocycles. The summed E-state index contributed by atoms with van der Waals surface area (Å²) in [6.45, 7) is 4.16. The van der Waals surface area contributed by atoms with Crippen molar-refractivity contribution in [3.8, 4) is 5.75 Å². The molecule has 0 aliphatic carbocycles. The third-order valence-corrected chi connectivity index (χ3v) is 7.02. The summed E-state index contributed by atoms with van der Waals surface area (Å²) in [6.07, 6.45) is 0. The summed E-state index contributed by atoms with van der Waals surface area (Å²) in [5, 5.41) is 10.4. The van der Waals surface area contributed by atoms with Crippen LogP contribution in [0, 0.1) is 5.92 Å². The molecular formula is C20H22N4O4S2. The predicted octanol–water partition coefficient (Wildman–Crippen LogP) is 3.65. The van der Waals surface area contributed by atoms with E-state index in [0.29, 0.717) is 17.0 Å². The number of aromatic nitrogens is 2.